The monoisotopic (exact) mass is 316 g/mol. The number of hydrogen-bond donors (Lipinski definition) is 3. The van der Waals surface area contributed by atoms with E-state index in [9.17, 15) is 5.11 Å². The number of aromatic amines is 1. The number of aliphatic hydroxyl groups excluding tert-OH is 1. The van der Waals surface area contributed by atoms with E-state index >= 15 is 0 Å². The molecule has 7 nitrogen and oxygen atoms in total. The molecule has 124 valence electrons. The second-order valence-electron chi connectivity index (χ2n) is 6.66. The minimum Gasteiger partial charge on any atom is -0.393 e. The number of hydrogen-bond acceptors (Lipinski definition) is 6. The summed E-state index contributed by atoms with van der Waals surface area (Å²) in [6.07, 6.45) is 4.60. The lowest BCUT2D eigenvalue weighted by Gasteiger charge is -2.16. The van der Waals surface area contributed by atoms with Crippen LogP contribution in [0.1, 0.15) is 55.7 Å². The number of H-pyrrole nitrogens is 1. The van der Waals surface area contributed by atoms with Crippen LogP contribution >= 0.6 is 0 Å². The van der Waals surface area contributed by atoms with Crippen LogP contribution in [0.15, 0.2) is 12.5 Å². The molecule has 0 bridgehead atoms. The predicted octanol–water partition coefficient (Wildman–Crippen LogP) is 1.99. The van der Waals surface area contributed by atoms with Gasteiger partial charge in [0.25, 0.3) is 0 Å². The lowest BCUT2D eigenvalue weighted by atomic mass is 10.0. The number of nitrogens with zero attached hydrogens (tertiary/aromatic N) is 4. The predicted molar refractivity (Wildman–Crippen MR) is 87.2 cm³/mol. The molecule has 3 N–H and O–H groups in total. The summed E-state index contributed by atoms with van der Waals surface area (Å²) in [5.41, 5.74) is 1.01. The summed E-state index contributed by atoms with van der Waals surface area (Å²) in [5, 5.41) is 21.0. The van der Waals surface area contributed by atoms with Gasteiger partial charge in [-0.15, -0.1) is 0 Å². The second kappa shape index (κ2) is 6.62. The van der Waals surface area contributed by atoms with Gasteiger partial charge in [-0.25, -0.2) is 15.0 Å². The summed E-state index contributed by atoms with van der Waals surface area (Å²) in [6, 6.07) is 0. The highest BCUT2D eigenvalue weighted by Gasteiger charge is 2.35. The Morgan fingerprint density at radius 3 is 2.91 bits per heavy atom. The third kappa shape index (κ3) is 3.50. The Bertz CT molecular complexity index is 656. The van der Waals surface area contributed by atoms with E-state index in [0.717, 1.165) is 35.9 Å². The summed E-state index contributed by atoms with van der Waals surface area (Å²) >= 11 is 0. The first-order valence-corrected chi connectivity index (χ1v) is 8.15. The van der Waals surface area contributed by atoms with Crippen LogP contribution in [0.25, 0.3) is 0 Å². The Hall–Kier alpha value is -2.02. The summed E-state index contributed by atoms with van der Waals surface area (Å²) in [5.74, 6) is 3.30. The van der Waals surface area contributed by atoms with Crippen LogP contribution in [0.3, 0.4) is 0 Å². The van der Waals surface area contributed by atoms with E-state index in [1.807, 2.05) is 6.92 Å². The molecule has 2 aromatic heterocycles. The highest BCUT2D eigenvalue weighted by molar-refractivity contribution is 5.40. The summed E-state index contributed by atoms with van der Waals surface area (Å²) in [7, 11) is 0. The molecule has 1 aliphatic rings. The molecule has 0 saturated heterocycles. The summed E-state index contributed by atoms with van der Waals surface area (Å²) in [6.45, 7) is 6.82. The zero-order chi connectivity index (χ0) is 16.4. The largest absolute Gasteiger partial charge is 0.393 e. The first kappa shape index (κ1) is 15.9. The van der Waals surface area contributed by atoms with E-state index in [1.54, 1.807) is 6.20 Å². The van der Waals surface area contributed by atoms with Crippen molar-refractivity contribution < 1.29 is 5.11 Å². The molecule has 0 unspecified atom stereocenters. The van der Waals surface area contributed by atoms with E-state index in [-0.39, 0.29) is 17.9 Å². The number of rotatable bonds is 5. The van der Waals surface area contributed by atoms with Gasteiger partial charge in [0, 0.05) is 36.1 Å². The van der Waals surface area contributed by atoms with Crippen LogP contribution < -0.4 is 5.32 Å². The minimum atomic E-state index is -0.331. The SMILES string of the molecule is Cc1cncnc1NC[C@H]1C[C@H](c2nc(C(C)C)n[nH]2)C[C@H]1O. The van der Waals surface area contributed by atoms with Crippen molar-refractivity contribution in [2.75, 3.05) is 11.9 Å². The highest BCUT2D eigenvalue weighted by Crippen LogP contribution is 2.37. The van der Waals surface area contributed by atoms with Crippen molar-refractivity contribution in [2.45, 2.75) is 51.6 Å². The Morgan fingerprint density at radius 1 is 1.39 bits per heavy atom. The zero-order valence-electron chi connectivity index (χ0n) is 13.8. The number of aliphatic hydroxyl groups is 1. The second-order valence-corrected chi connectivity index (χ2v) is 6.66. The van der Waals surface area contributed by atoms with Gasteiger partial charge in [-0.05, 0) is 19.8 Å². The molecule has 1 fully saturated rings. The van der Waals surface area contributed by atoms with Crippen LogP contribution in [0.2, 0.25) is 0 Å². The molecule has 1 saturated carbocycles. The van der Waals surface area contributed by atoms with E-state index in [1.165, 1.54) is 6.33 Å². The fourth-order valence-corrected chi connectivity index (χ4v) is 3.09. The van der Waals surface area contributed by atoms with E-state index in [2.05, 4.69) is 44.3 Å². The number of aromatic nitrogens is 5. The molecule has 3 rings (SSSR count). The van der Waals surface area contributed by atoms with Crippen molar-refractivity contribution in [3.8, 4) is 0 Å². The molecular weight excluding hydrogens is 292 g/mol. The van der Waals surface area contributed by atoms with Gasteiger partial charge in [0.2, 0.25) is 0 Å². The standard InChI is InChI=1S/C16H24N6O/c1-9(2)14-20-16(22-21-14)11-4-12(13(23)5-11)7-18-15-10(3)6-17-8-19-15/h6,8-9,11-13,23H,4-5,7H2,1-3H3,(H,17,18,19)(H,20,21,22)/t11-,12+,13+/m0/s1. The minimum absolute atomic E-state index is 0.182. The van der Waals surface area contributed by atoms with Gasteiger partial charge in [-0.3, -0.25) is 5.10 Å². The highest BCUT2D eigenvalue weighted by atomic mass is 16.3. The quantitative estimate of drug-likeness (QED) is 0.780. The third-order valence-electron chi connectivity index (χ3n) is 4.51. The topological polar surface area (TPSA) is 99.6 Å². The normalized spacial score (nSPS) is 24.3. The van der Waals surface area contributed by atoms with Gasteiger partial charge in [-0.2, -0.15) is 5.10 Å². The fraction of sp³-hybridized carbons (Fsp3) is 0.625. The fourth-order valence-electron chi connectivity index (χ4n) is 3.09. The molecule has 23 heavy (non-hydrogen) atoms. The van der Waals surface area contributed by atoms with E-state index in [4.69, 9.17) is 0 Å². The first-order chi connectivity index (χ1) is 11.0. The maximum absolute atomic E-state index is 10.3. The molecule has 0 radical (unpaired) electrons. The van der Waals surface area contributed by atoms with Crippen molar-refractivity contribution in [3.05, 3.63) is 29.7 Å². The van der Waals surface area contributed by atoms with E-state index < -0.39 is 0 Å². The molecule has 0 spiro atoms. The molecule has 0 aromatic carbocycles. The lowest BCUT2D eigenvalue weighted by molar-refractivity contribution is 0.137. The van der Waals surface area contributed by atoms with Gasteiger partial charge in [-0.1, -0.05) is 13.8 Å². The molecular formula is C16H24N6O. The van der Waals surface area contributed by atoms with Crippen LogP contribution in [0.5, 0.6) is 0 Å². The molecule has 0 amide bonds. The van der Waals surface area contributed by atoms with Crippen molar-refractivity contribution in [1.82, 2.24) is 25.1 Å². The van der Waals surface area contributed by atoms with Crippen molar-refractivity contribution in [2.24, 2.45) is 5.92 Å². The number of anilines is 1. The molecule has 0 aliphatic heterocycles. The van der Waals surface area contributed by atoms with Crippen LogP contribution in [0.4, 0.5) is 5.82 Å². The average molecular weight is 316 g/mol. The Kier molecular flexibility index (Phi) is 4.56. The number of aryl methyl sites for hydroxylation is 1. The van der Waals surface area contributed by atoms with Gasteiger partial charge in [0.05, 0.1) is 6.10 Å². The van der Waals surface area contributed by atoms with Crippen molar-refractivity contribution in [1.29, 1.82) is 0 Å². The lowest BCUT2D eigenvalue weighted by Crippen LogP contribution is -2.22. The third-order valence-corrected chi connectivity index (χ3v) is 4.51. The zero-order valence-corrected chi connectivity index (χ0v) is 13.8. The van der Waals surface area contributed by atoms with Gasteiger partial charge in [0.1, 0.15) is 18.0 Å². The number of nitrogens with one attached hydrogen (secondary N) is 2. The van der Waals surface area contributed by atoms with Crippen molar-refractivity contribution in [3.63, 3.8) is 0 Å². The molecule has 3 atom stereocenters. The van der Waals surface area contributed by atoms with Crippen molar-refractivity contribution >= 4 is 5.82 Å². The molecule has 1 aliphatic carbocycles. The molecule has 2 heterocycles. The Morgan fingerprint density at radius 2 is 2.22 bits per heavy atom. The van der Waals surface area contributed by atoms with Crippen LogP contribution in [-0.2, 0) is 0 Å². The maximum atomic E-state index is 10.3. The van der Waals surface area contributed by atoms with Gasteiger partial charge < -0.3 is 10.4 Å². The summed E-state index contributed by atoms with van der Waals surface area (Å²) in [4.78, 5) is 12.8. The van der Waals surface area contributed by atoms with Crippen LogP contribution in [-0.4, -0.2) is 42.9 Å². The average Bonchev–Trinajstić information content (AvgIpc) is 3.13. The molecule has 7 heteroatoms. The van der Waals surface area contributed by atoms with E-state index in [0.29, 0.717) is 12.5 Å². The van der Waals surface area contributed by atoms with Gasteiger partial charge >= 0.3 is 0 Å². The summed E-state index contributed by atoms with van der Waals surface area (Å²) < 4.78 is 0. The van der Waals surface area contributed by atoms with Gasteiger partial charge in [0.15, 0.2) is 5.82 Å². The molecule has 2 aromatic rings. The smallest absolute Gasteiger partial charge is 0.153 e. The Labute approximate surface area is 136 Å². The Balaban J connectivity index is 1.61. The first-order valence-electron chi connectivity index (χ1n) is 8.15. The maximum Gasteiger partial charge on any atom is 0.153 e. The van der Waals surface area contributed by atoms with Crippen LogP contribution in [0, 0.1) is 12.8 Å².